The number of benzene rings is 3. The summed E-state index contributed by atoms with van der Waals surface area (Å²) in [7, 11) is 0. The van der Waals surface area contributed by atoms with Crippen LogP contribution in [-0.2, 0) is 9.59 Å². The van der Waals surface area contributed by atoms with E-state index in [-0.39, 0.29) is 24.0 Å². The maximum Gasteiger partial charge on any atom is 0.283 e. The second-order valence-electron chi connectivity index (χ2n) is 7.71. The fourth-order valence-corrected chi connectivity index (χ4v) is 4.05. The average Bonchev–Trinajstić information content (AvgIpc) is 2.81. The van der Waals surface area contributed by atoms with Gasteiger partial charge in [0.25, 0.3) is 11.6 Å². The number of rotatable bonds is 9. The van der Waals surface area contributed by atoms with E-state index >= 15 is 0 Å². The van der Waals surface area contributed by atoms with Crippen LogP contribution in [0.3, 0.4) is 0 Å². The average molecular weight is 492 g/mol. The lowest BCUT2D eigenvalue weighted by atomic mass is 10.1. The molecule has 0 fully saturated rings. The number of hydrogen-bond acceptors (Lipinski definition) is 7. The first kappa shape index (κ1) is 25.4. The van der Waals surface area contributed by atoms with Gasteiger partial charge in [0.1, 0.15) is 0 Å². The highest BCUT2D eigenvalue weighted by atomic mass is 32.2. The van der Waals surface area contributed by atoms with Crippen LogP contribution in [0.25, 0.3) is 0 Å². The van der Waals surface area contributed by atoms with Gasteiger partial charge in [-0.2, -0.15) is 5.10 Å². The lowest BCUT2D eigenvalue weighted by Gasteiger charge is -2.10. The monoisotopic (exact) mass is 491 g/mol. The Hall–Kier alpha value is -4.18. The summed E-state index contributed by atoms with van der Waals surface area (Å²) < 4.78 is 0. The molecule has 2 amide bonds. The van der Waals surface area contributed by atoms with Gasteiger partial charge in [0.2, 0.25) is 5.91 Å². The first-order valence-corrected chi connectivity index (χ1v) is 11.5. The maximum absolute atomic E-state index is 12.1. The van der Waals surface area contributed by atoms with Gasteiger partial charge in [0, 0.05) is 29.1 Å². The van der Waals surface area contributed by atoms with Gasteiger partial charge in [-0.05, 0) is 55.3 Å². The van der Waals surface area contributed by atoms with Crippen molar-refractivity contribution in [1.29, 1.82) is 0 Å². The number of para-hydroxylation sites is 1. The molecular formula is C25H25N5O4S. The Labute approximate surface area is 207 Å². The van der Waals surface area contributed by atoms with Crippen molar-refractivity contribution in [2.75, 3.05) is 17.2 Å². The van der Waals surface area contributed by atoms with Crippen molar-refractivity contribution in [2.24, 2.45) is 5.10 Å². The van der Waals surface area contributed by atoms with E-state index in [9.17, 15) is 19.7 Å². The van der Waals surface area contributed by atoms with Gasteiger partial charge < -0.3 is 10.6 Å². The van der Waals surface area contributed by atoms with Crippen LogP contribution in [0, 0.1) is 24.0 Å². The molecular weight excluding hydrogens is 466 g/mol. The van der Waals surface area contributed by atoms with E-state index in [1.807, 2.05) is 32.0 Å². The Morgan fingerprint density at radius 1 is 1.03 bits per heavy atom. The predicted octanol–water partition coefficient (Wildman–Crippen LogP) is 4.88. The third-order valence-electron chi connectivity index (χ3n) is 4.96. The molecule has 0 spiro atoms. The Kier molecular flexibility index (Phi) is 8.58. The molecule has 0 aliphatic heterocycles. The normalized spacial score (nSPS) is 10.7. The minimum atomic E-state index is -0.479. The molecule has 0 bridgehead atoms. The largest absolute Gasteiger partial charge is 0.376 e. The number of carbonyl (C=O) groups excluding carboxylic acids is 2. The molecule has 3 aromatic rings. The van der Waals surface area contributed by atoms with Gasteiger partial charge in [0.05, 0.1) is 28.3 Å². The molecule has 0 atom stereocenters. The summed E-state index contributed by atoms with van der Waals surface area (Å²) in [6.07, 6.45) is 1.35. The zero-order chi connectivity index (χ0) is 25.4. The molecule has 0 heterocycles. The molecule has 3 N–H and O–H groups in total. The topological polar surface area (TPSA) is 126 Å². The van der Waals surface area contributed by atoms with Crippen LogP contribution in [0.5, 0.6) is 0 Å². The molecule has 0 saturated carbocycles. The quantitative estimate of drug-likeness (QED) is 0.222. The second kappa shape index (κ2) is 11.8. The zero-order valence-electron chi connectivity index (χ0n) is 19.5. The van der Waals surface area contributed by atoms with E-state index in [1.54, 1.807) is 36.4 Å². The molecule has 180 valence electrons. The minimum absolute atomic E-state index is 0.0310. The Morgan fingerprint density at radius 2 is 1.80 bits per heavy atom. The summed E-state index contributed by atoms with van der Waals surface area (Å²) in [5.74, 6) is -0.582. The summed E-state index contributed by atoms with van der Waals surface area (Å²) in [5, 5.41) is 21.3. The maximum atomic E-state index is 12.1. The fourth-order valence-electron chi connectivity index (χ4n) is 3.06. The van der Waals surface area contributed by atoms with Gasteiger partial charge in [0.15, 0.2) is 0 Å². The van der Waals surface area contributed by atoms with Crippen LogP contribution in [0.2, 0.25) is 0 Å². The van der Waals surface area contributed by atoms with Crippen molar-refractivity contribution in [2.45, 2.75) is 30.6 Å². The van der Waals surface area contributed by atoms with Crippen LogP contribution in [0.1, 0.15) is 23.6 Å². The predicted molar refractivity (Wildman–Crippen MR) is 138 cm³/mol. The zero-order valence-corrected chi connectivity index (χ0v) is 20.3. The number of hydrogen-bond donors (Lipinski definition) is 3. The molecule has 3 rings (SSSR count). The van der Waals surface area contributed by atoms with Crippen molar-refractivity contribution in [3.05, 3.63) is 87.5 Å². The number of amides is 2. The Morgan fingerprint density at radius 3 is 2.51 bits per heavy atom. The van der Waals surface area contributed by atoms with Crippen LogP contribution in [0.4, 0.5) is 17.1 Å². The van der Waals surface area contributed by atoms with Gasteiger partial charge in [-0.1, -0.05) is 36.0 Å². The molecule has 3 aromatic carbocycles. The van der Waals surface area contributed by atoms with Crippen LogP contribution < -0.4 is 16.1 Å². The molecule has 0 saturated heterocycles. The standard InChI is InChI=1S/C25H25N5O4S/c1-16-8-10-20(12-17(16)2)26-15-25(32)29-27-14-19-9-11-24(22(13-19)30(33)34)35-23-7-5-4-6-21(23)28-18(3)31/h4-14,26H,15H2,1-3H3,(H,28,31)(H,29,32)/b27-14+. The highest BCUT2D eigenvalue weighted by Gasteiger charge is 2.17. The molecule has 35 heavy (non-hydrogen) atoms. The van der Waals surface area contributed by atoms with Crippen LogP contribution >= 0.6 is 11.8 Å². The first-order chi connectivity index (χ1) is 16.7. The second-order valence-corrected chi connectivity index (χ2v) is 8.79. The first-order valence-electron chi connectivity index (χ1n) is 10.7. The Balaban J connectivity index is 1.65. The van der Waals surface area contributed by atoms with Gasteiger partial charge >= 0.3 is 0 Å². The molecule has 0 aliphatic carbocycles. The SMILES string of the molecule is CC(=O)Nc1ccccc1Sc1ccc(/C=N/NC(=O)CNc2ccc(C)c(C)c2)cc1[N+](=O)[O-]. The number of carbonyl (C=O) groups is 2. The van der Waals surface area contributed by atoms with E-state index in [0.717, 1.165) is 11.3 Å². The highest BCUT2D eigenvalue weighted by Crippen LogP contribution is 2.38. The number of nitrogens with zero attached hydrogens (tertiary/aromatic N) is 2. The molecule has 10 heteroatoms. The smallest absolute Gasteiger partial charge is 0.283 e. The van der Waals surface area contributed by atoms with E-state index in [2.05, 4.69) is 21.2 Å². The number of anilines is 2. The van der Waals surface area contributed by atoms with Crippen molar-refractivity contribution in [1.82, 2.24) is 5.43 Å². The summed E-state index contributed by atoms with van der Waals surface area (Å²) >= 11 is 1.18. The lowest BCUT2D eigenvalue weighted by Crippen LogP contribution is -2.25. The minimum Gasteiger partial charge on any atom is -0.376 e. The molecule has 0 aliphatic rings. The third kappa shape index (κ3) is 7.41. The van der Waals surface area contributed by atoms with Crippen molar-refractivity contribution >= 4 is 46.9 Å². The van der Waals surface area contributed by atoms with E-state index in [1.165, 1.54) is 36.5 Å². The summed E-state index contributed by atoms with van der Waals surface area (Å²) in [6.45, 7) is 5.44. The molecule has 0 unspecified atom stereocenters. The summed E-state index contributed by atoms with van der Waals surface area (Å²) in [4.78, 5) is 35.8. The van der Waals surface area contributed by atoms with Gasteiger partial charge in [-0.3, -0.25) is 19.7 Å². The van der Waals surface area contributed by atoms with E-state index in [0.29, 0.717) is 21.0 Å². The number of nitro groups is 1. The number of nitro benzene ring substituents is 1. The van der Waals surface area contributed by atoms with Crippen molar-refractivity contribution in [3.63, 3.8) is 0 Å². The lowest BCUT2D eigenvalue weighted by molar-refractivity contribution is -0.387. The number of nitrogens with one attached hydrogen (secondary N) is 3. The molecule has 0 aromatic heterocycles. The fraction of sp³-hybridized carbons (Fsp3) is 0.160. The highest BCUT2D eigenvalue weighted by molar-refractivity contribution is 7.99. The van der Waals surface area contributed by atoms with Gasteiger partial charge in [-0.15, -0.1) is 0 Å². The van der Waals surface area contributed by atoms with Gasteiger partial charge in [-0.25, -0.2) is 5.43 Å². The summed E-state index contributed by atoms with van der Waals surface area (Å²) in [5.41, 5.74) is 6.44. The number of aryl methyl sites for hydroxylation is 2. The molecule has 9 nitrogen and oxygen atoms in total. The van der Waals surface area contributed by atoms with Crippen molar-refractivity contribution < 1.29 is 14.5 Å². The molecule has 0 radical (unpaired) electrons. The van der Waals surface area contributed by atoms with Crippen molar-refractivity contribution in [3.8, 4) is 0 Å². The van der Waals surface area contributed by atoms with Crippen LogP contribution in [0.15, 0.2) is 75.6 Å². The van der Waals surface area contributed by atoms with E-state index < -0.39 is 4.92 Å². The number of hydrazone groups is 1. The van der Waals surface area contributed by atoms with Crippen LogP contribution in [-0.4, -0.2) is 29.5 Å². The summed E-state index contributed by atoms with van der Waals surface area (Å²) in [6, 6.07) is 17.5. The Bertz CT molecular complexity index is 1290. The van der Waals surface area contributed by atoms with E-state index in [4.69, 9.17) is 0 Å². The third-order valence-corrected chi connectivity index (χ3v) is 6.10.